The molecule has 2 aromatic carbocycles. The van der Waals surface area contributed by atoms with Gasteiger partial charge in [-0.1, -0.05) is 0 Å². The molecule has 3 aromatic rings. The molecule has 0 saturated carbocycles. The number of methoxy groups -OCH3 is 1. The highest BCUT2D eigenvalue weighted by atomic mass is 32.1. The molecule has 0 bridgehead atoms. The lowest BCUT2D eigenvalue weighted by Crippen LogP contribution is -2.15. The minimum absolute atomic E-state index is 0.581. The second-order valence-electron chi connectivity index (χ2n) is 5.25. The largest absolute Gasteiger partial charge is 0.497 e. The van der Waals surface area contributed by atoms with Gasteiger partial charge in [-0.05, 0) is 42.5 Å². The van der Waals surface area contributed by atoms with Gasteiger partial charge in [-0.25, -0.2) is 4.98 Å². The third kappa shape index (κ3) is 3.00. The van der Waals surface area contributed by atoms with Crippen LogP contribution in [0.5, 0.6) is 17.2 Å². The Hall–Kier alpha value is -2.73. The summed E-state index contributed by atoms with van der Waals surface area (Å²) in [6.07, 6.45) is 0. The van der Waals surface area contributed by atoms with E-state index in [2.05, 4.69) is 10.3 Å². The predicted molar refractivity (Wildman–Crippen MR) is 94.8 cm³/mol. The van der Waals surface area contributed by atoms with Crippen LogP contribution < -0.4 is 19.5 Å². The van der Waals surface area contributed by atoms with Crippen molar-refractivity contribution >= 4 is 22.2 Å². The van der Waals surface area contributed by atoms with Crippen molar-refractivity contribution in [2.24, 2.45) is 0 Å². The molecule has 0 spiro atoms. The van der Waals surface area contributed by atoms with E-state index in [1.165, 1.54) is 0 Å². The number of hydrogen-bond acceptors (Lipinski definition) is 6. The molecule has 0 unspecified atom stereocenters. The van der Waals surface area contributed by atoms with E-state index in [4.69, 9.17) is 14.2 Å². The minimum Gasteiger partial charge on any atom is -0.497 e. The number of benzene rings is 2. The van der Waals surface area contributed by atoms with Crippen LogP contribution in [0.25, 0.3) is 11.3 Å². The van der Waals surface area contributed by atoms with Crippen LogP contribution in [0.15, 0.2) is 47.8 Å². The van der Waals surface area contributed by atoms with Crippen molar-refractivity contribution in [3.63, 3.8) is 0 Å². The van der Waals surface area contributed by atoms with Gasteiger partial charge in [-0.2, -0.15) is 0 Å². The molecule has 24 heavy (non-hydrogen) atoms. The third-order valence-electron chi connectivity index (χ3n) is 3.68. The first-order valence-electron chi connectivity index (χ1n) is 7.58. The average molecular weight is 340 g/mol. The zero-order valence-electron chi connectivity index (χ0n) is 13.1. The Kier molecular flexibility index (Phi) is 3.96. The van der Waals surface area contributed by atoms with Gasteiger partial charge in [0, 0.05) is 16.6 Å². The first-order valence-corrected chi connectivity index (χ1v) is 8.46. The molecule has 5 nitrogen and oxygen atoms in total. The summed E-state index contributed by atoms with van der Waals surface area (Å²) in [6.45, 7) is 1.18. The number of rotatable bonds is 4. The number of nitrogens with zero attached hydrogens (tertiary/aromatic N) is 1. The van der Waals surface area contributed by atoms with Crippen LogP contribution in [0.3, 0.4) is 0 Å². The zero-order valence-corrected chi connectivity index (χ0v) is 13.9. The minimum atomic E-state index is 0.581. The van der Waals surface area contributed by atoms with E-state index in [0.29, 0.717) is 13.2 Å². The van der Waals surface area contributed by atoms with E-state index >= 15 is 0 Å². The predicted octanol–water partition coefficient (Wildman–Crippen LogP) is 4.33. The molecule has 1 aliphatic rings. The normalized spacial score (nSPS) is 12.7. The lowest BCUT2D eigenvalue weighted by atomic mass is 10.1. The number of ether oxygens (including phenoxy) is 3. The summed E-state index contributed by atoms with van der Waals surface area (Å²) < 4.78 is 16.3. The lowest BCUT2D eigenvalue weighted by molar-refractivity contribution is 0.171. The summed E-state index contributed by atoms with van der Waals surface area (Å²) in [5.41, 5.74) is 2.89. The van der Waals surface area contributed by atoms with Crippen molar-refractivity contribution in [1.82, 2.24) is 4.98 Å². The third-order valence-corrected chi connectivity index (χ3v) is 4.44. The average Bonchev–Trinajstić information content (AvgIpc) is 3.10. The van der Waals surface area contributed by atoms with Crippen molar-refractivity contribution in [2.75, 3.05) is 25.6 Å². The summed E-state index contributed by atoms with van der Waals surface area (Å²) in [5.74, 6) is 2.39. The Bertz CT molecular complexity index is 846. The van der Waals surface area contributed by atoms with E-state index in [0.717, 1.165) is 39.3 Å². The maximum Gasteiger partial charge on any atom is 0.187 e. The maximum absolute atomic E-state index is 5.63. The van der Waals surface area contributed by atoms with Gasteiger partial charge in [0.2, 0.25) is 0 Å². The quantitative estimate of drug-likeness (QED) is 0.766. The maximum atomic E-state index is 5.63. The van der Waals surface area contributed by atoms with Crippen LogP contribution in [0, 0.1) is 0 Å². The van der Waals surface area contributed by atoms with Crippen molar-refractivity contribution in [2.45, 2.75) is 0 Å². The molecule has 1 aromatic heterocycles. The molecule has 0 radical (unpaired) electrons. The molecule has 0 aliphatic carbocycles. The Morgan fingerprint density at radius 2 is 1.83 bits per heavy atom. The molecule has 4 rings (SSSR count). The molecule has 1 N–H and O–H groups in total. The van der Waals surface area contributed by atoms with E-state index in [9.17, 15) is 0 Å². The molecule has 1 aliphatic heterocycles. The van der Waals surface area contributed by atoms with Gasteiger partial charge in [0.25, 0.3) is 0 Å². The Balaban J connectivity index is 1.53. The summed E-state index contributed by atoms with van der Waals surface area (Å²) in [6, 6.07) is 13.7. The number of thiazole rings is 1. The van der Waals surface area contributed by atoms with Gasteiger partial charge in [0.15, 0.2) is 16.6 Å². The van der Waals surface area contributed by atoms with Crippen LogP contribution in [0.1, 0.15) is 0 Å². The number of hydrogen-bond donors (Lipinski definition) is 1. The van der Waals surface area contributed by atoms with Gasteiger partial charge in [-0.15, -0.1) is 11.3 Å². The molecule has 6 heteroatoms. The van der Waals surface area contributed by atoms with E-state index in [1.807, 2.05) is 47.8 Å². The molecular formula is C18H16N2O3S. The Morgan fingerprint density at radius 3 is 2.62 bits per heavy atom. The Morgan fingerprint density at radius 1 is 1.04 bits per heavy atom. The fraction of sp³-hybridized carbons (Fsp3) is 0.167. The molecule has 2 heterocycles. The standard InChI is InChI=1S/C18H16N2O3S/c1-21-14-5-3-13(4-6-14)19-18-20-15(11-24-18)12-2-7-16-17(10-12)23-9-8-22-16/h2-7,10-11H,8-9H2,1H3,(H,19,20). The van der Waals surface area contributed by atoms with Crippen LogP contribution in [-0.4, -0.2) is 25.3 Å². The second-order valence-corrected chi connectivity index (χ2v) is 6.11. The van der Waals surface area contributed by atoms with Crippen molar-refractivity contribution in [1.29, 1.82) is 0 Å². The topological polar surface area (TPSA) is 52.6 Å². The molecule has 0 amide bonds. The highest BCUT2D eigenvalue weighted by molar-refractivity contribution is 7.14. The van der Waals surface area contributed by atoms with Crippen LogP contribution in [0.4, 0.5) is 10.8 Å². The molecule has 122 valence electrons. The van der Waals surface area contributed by atoms with E-state index in [1.54, 1.807) is 18.4 Å². The monoisotopic (exact) mass is 340 g/mol. The number of anilines is 2. The number of nitrogens with one attached hydrogen (secondary N) is 1. The SMILES string of the molecule is COc1ccc(Nc2nc(-c3ccc4c(c3)OCCO4)cs2)cc1. The highest BCUT2D eigenvalue weighted by Crippen LogP contribution is 2.35. The van der Waals surface area contributed by atoms with Crippen molar-refractivity contribution < 1.29 is 14.2 Å². The second kappa shape index (κ2) is 6.41. The fourth-order valence-corrected chi connectivity index (χ4v) is 3.20. The highest BCUT2D eigenvalue weighted by Gasteiger charge is 2.13. The van der Waals surface area contributed by atoms with Crippen molar-refractivity contribution in [3.05, 3.63) is 47.8 Å². The zero-order chi connectivity index (χ0) is 16.4. The van der Waals surface area contributed by atoms with Crippen LogP contribution >= 0.6 is 11.3 Å². The summed E-state index contributed by atoms with van der Waals surface area (Å²) in [4.78, 5) is 4.65. The van der Waals surface area contributed by atoms with Crippen LogP contribution in [0.2, 0.25) is 0 Å². The van der Waals surface area contributed by atoms with Gasteiger partial charge in [0.1, 0.15) is 19.0 Å². The number of aromatic nitrogens is 1. The summed E-state index contributed by atoms with van der Waals surface area (Å²) in [5, 5.41) is 6.17. The van der Waals surface area contributed by atoms with E-state index < -0.39 is 0 Å². The lowest BCUT2D eigenvalue weighted by Gasteiger charge is -2.18. The molecule has 0 saturated heterocycles. The fourth-order valence-electron chi connectivity index (χ4n) is 2.46. The Labute approximate surface area is 143 Å². The van der Waals surface area contributed by atoms with E-state index in [-0.39, 0.29) is 0 Å². The summed E-state index contributed by atoms with van der Waals surface area (Å²) in [7, 11) is 1.66. The molecule has 0 fully saturated rings. The van der Waals surface area contributed by atoms with Gasteiger partial charge >= 0.3 is 0 Å². The van der Waals surface area contributed by atoms with Gasteiger partial charge in [-0.3, -0.25) is 0 Å². The first kappa shape index (κ1) is 14.8. The smallest absolute Gasteiger partial charge is 0.187 e. The van der Waals surface area contributed by atoms with Gasteiger partial charge in [0.05, 0.1) is 12.8 Å². The summed E-state index contributed by atoms with van der Waals surface area (Å²) >= 11 is 1.56. The first-order chi connectivity index (χ1) is 11.8. The van der Waals surface area contributed by atoms with Gasteiger partial charge < -0.3 is 19.5 Å². The molecule has 0 atom stereocenters. The molecular weight excluding hydrogens is 324 g/mol. The van der Waals surface area contributed by atoms with Crippen LogP contribution in [-0.2, 0) is 0 Å². The number of fused-ring (bicyclic) bond motifs is 1. The van der Waals surface area contributed by atoms with Crippen molar-refractivity contribution in [3.8, 4) is 28.5 Å².